The maximum atomic E-state index is 2.40. The van der Waals surface area contributed by atoms with Crippen LogP contribution in [0.25, 0.3) is 0 Å². The molecule has 106 valence electrons. The molecule has 1 aliphatic heterocycles. The molecule has 0 aromatic heterocycles. The van der Waals surface area contributed by atoms with Crippen LogP contribution in [-0.4, -0.2) is 32.2 Å². The van der Waals surface area contributed by atoms with Gasteiger partial charge in [0.2, 0.25) is 0 Å². The smallest absolute Gasteiger partial charge is 0.103 e. The summed E-state index contributed by atoms with van der Waals surface area (Å²) in [7, 11) is 2.37. The van der Waals surface area contributed by atoms with Gasteiger partial charge in [0, 0.05) is 18.4 Å². The van der Waals surface area contributed by atoms with Gasteiger partial charge in [-0.05, 0) is 13.3 Å². The van der Waals surface area contributed by atoms with Gasteiger partial charge in [0.25, 0.3) is 0 Å². The highest BCUT2D eigenvalue weighted by Crippen LogP contribution is 2.00. The molecule has 2 nitrogen and oxygen atoms in total. The van der Waals surface area contributed by atoms with Crippen molar-refractivity contribution in [3.63, 3.8) is 0 Å². The summed E-state index contributed by atoms with van der Waals surface area (Å²) in [5.74, 6) is 0. The van der Waals surface area contributed by atoms with Crippen LogP contribution < -0.4 is 9.80 Å². The Morgan fingerprint density at radius 3 is 2.42 bits per heavy atom. The molecular formula is C17H30N2+2. The van der Waals surface area contributed by atoms with Crippen LogP contribution in [0, 0.1) is 0 Å². The molecule has 0 spiro atoms. The fourth-order valence-electron chi connectivity index (χ4n) is 3.33. The van der Waals surface area contributed by atoms with E-state index in [1.807, 2.05) is 4.90 Å². The van der Waals surface area contributed by atoms with Gasteiger partial charge < -0.3 is 9.80 Å². The number of rotatable bonds is 5. The normalized spacial score (nSPS) is 26.9. The zero-order chi connectivity index (χ0) is 13.7. The number of benzene rings is 1. The van der Waals surface area contributed by atoms with Gasteiger partial charge in [-0.2, -0.15) is 0 Å². The zero-order valence-corrected chi connectivity index (χ0v) is 12.8. The molecule has 2 N–H and O–H groups in total. The van der Waals surface area contributed by atoms with Crippen LogP contribution in [0.3, 0.4) is 0 Å². The molecule has 0 radical (unpaired) electrons. The minimum absolute atomic E-state index is 0.843. The monoisotopic (exact) mass is 262 g/mol. The average molecular weight is 262 g/mol. The summed E-state index contributed by atoms with van der Waals surface area (Å²) in [6.07, 6.45) is 4.09. The van der Waals surface area contributed by atoms with E-state index in [2.05, 4.69) is 51.2 Å². The summed E-state index contributed by atoms with van der Waals surface area (Å²) < 4.78 is 0. The van der Waals surface area contributed by atoms with Crippen molar-refractivity contribution in [3.8, 4) is 0 Å². The van der Waals surface area contributed by atoms with E-state index in [1.54, 1.807) is 4.90 Å². The molecule has 1 aromatic rings. The molecule has 2 unspecified atom stereocenters. The van der Waals surface area contributed by atoms with Crippen molar-refractivity contribution in [1.82, 2.24) is 0 Å². The Balaban J connectivity index is 1.81. The summed E-state index contributed by atoms with van der Waals surface area (Å²) in [5, 5.41) is 0. The molecule has 0 aliphatic carbocycles. The number of likely N-dealkylation sites (tertiary alicyclic amines) is 1. The van der Waals surface area contributed by atoms with Gasteiger partial charge >= 0.3 is 0 Å². The lowest BCUT2D eigenvalue weighted by Gasteiger charge is -2.35. The van der Waals surface area contributed by atoms with E-state index in [0.29, 0.717) is 0 Å². The highest BCUT2D eigenvalue weighted by Gasteiger charge is 2.29. The Kier molecular flexibility index (Phi) is 5.41. The first kappa shape index (κ1) is 14.5. The summed E-state index contributed by atoms with van der Waals surface area (Å²) in [5.41, 5.74) is 1.47. The Labute approximate surface area is 118 Å². The number of hydrogen-bond acceptors (Lipinski definition) is 0. The van der Waals surface area contributed by atoms with Crippen LogP contribution in [0.15, 0.2) is 30.3 Å². The predicted octanol–water partition coefficient (Wildman–Crippen LogP) is 0.547. The van der Waals surface area contributed by atoms with Crippen LogP contribution in [0.1, 0.15) is 38.7 Å². The van der Waals surface area contributed by atoms with Gasteiger partial charge in [-0.3, -0.25) is 0 Å². The minimum atomic E-state index is 0.843. The van der Waals surface area contributed by atoms with E-state index in [9.17, 15) is 0 Å². The van der Waals surface area contributed by atoms with Gasteiger partial charge in [-0.1, -0.05) is 37.3 Å². The van der Waals surface area contributed by atoms with Crippen molar-refractivity contribution in [3.05, 3.63) is 35.9 Å². The second kappa shape index (κ2) is 7.06. The van der Waals surface area contributed by atoms with E-state index < -0.39 is 0 Å². The van der Waals surface area contributed by atoms with Crippen LogP contribution >= 0.6 is 0 Å². The van der Waals surface area contributed by atoms with Crippen molar-refractivity contribution in [2.24, 2.45) is 0 Å². The molecular weight excluding hydrogens is 232 g/mol. The highest BCUT2D eigenvalue weighted by atomic mass is 15.2. The van der Waals surface area contributed by atoms with Crippen molar-refractivity contribution in [1.29, 1.82) is 0 Å². The summed E-state index contributed by atoms with van der Waals surface area (Å²) in [6.45, 7) is 8.62. The first-order chi connectivity index (χ1) is 9.20. The van der Waals surface area contributed by atoms with E-state index in [1.165, 1.54) is 44.5 Å². The third-order valence-electron chi connectivity index (χ3n) is 4.96. The summed E-state index contributed by atoms with van der Waals surface area (Å²) >= 11 is 0. The van der Waals surface area contributed by atoms with Crippen molar-refractivity contribution < 1.29 is 9.80 Å². The van der Waals surface area contributed by atoms with Gasteiger partial charge in [0.05, 0.1) is 32.2 Å². The van der Waals surface area contributed by atoms with Crippen molar-refractivity contribution in [2.75, 3.05) is 20.1 Å². The predicted molar refractivity (Wildman–Crippen MR) is 80.5 cm³/mol. The van der Waals surface area contributed by atoms with E-state index >= 15 is 0 Å². The second-order valence-corrected chi connectivity index (χ2v) is 6.25. The molecule has 0 amide bonds. The first-order valence-electron chi connectivity index (χ1n) is 7.91. The van der Waals surface area contributed by atoms with Crippen LogP contribution in [0.5, 0.6) is 0 Å². The SMILES string of the molecule is CCC(C)[NH+]1CCC([NH+](C)Cc2ccccc2)CC1. The molecule has 2 heteroatoms. The van der Waals surface area contributed by atoms with Gasteiger partial charge in [0.1, 0.15) is 6.54 Å². The Hall–Kier alpha value is -0.860. The number of nitrogens with one attached hydrogen (secondary N) is 2. The molecule has 0 bridgehead atoms. The molecule has 1 fully saturated rings. The maximum absolute atomic E-state index is 2.40. The fraction of sp³-hybridized carbons (Fsp3) is 0.647. The van der Waals surface area contributed by atoms with Crippen LogP contribution in [-0.2, 0) is 6.54 Å². The lowest BCUT2D eigenvalue weighted by Crippen LogP contribution is -3.20. The number of piperidine rings is 1. The molecule has 1 heterocycles. The van der Waals surface area contributed by atoms with Gasteiger partial charge in [0.15, 0.2) is 0 Å². The van der Waals surface area contributed by atoms with Crippen LogP contribution in [0.4, 0.5) is 0 Å². The van der Waals surface area contributed by atoms with Gasteiger partial charge in [-0.25, -0.2) is 0 Å². The number of quaternary nitrogens is 2. The van der Waals surface area contributed by atoms with Crippen molar-refractivity contribution in [2.45, 2.75) is 51.7 Å². The Bertz CT molecular complexity index is 355. The Morgan fingerprint density at radius 2 is 1.84 bits per heavy atom. The summed E-state index contributed by atoms with van der Waals surface area (Å²) in [6, 6.07) is 12.6. The minimum Gasteiger partial charge on any atom is -0.332 e. The lowest BCUT2D eigenvalue weighted by atomic mass is 10.0. The third-order valence-corrected chi connectivity index (χ3v) is 4.96. The van der Waals surface area contributed by atoms with E-state index in [0.717, 1.165) is 12.1 Å². The average Bonchev–Trinajstić information content (AvgIpc) is 2.47. The molecule has 1 aromatic carbocycles. The van der Waals surface area contributed by atoms with Crippen molar-refractivity contribution >= 4 is 0 Å². The highest BCUT2D eigenvalue weighted by molar-refractivity contribution is 5.13. The molecule has 2 rings (SSSR count). The summed E-state index contributed by atoms with van der Waals surface area (Å²) in [4.78, 5) is 3.51. The molecule has 1 saturated heterocycles. The number of hydrogen-bond donors (Lipinski definition) is 2. The van der Waals surface area contributed by atoms with E-state index in [4.69, 9.17) is 0 Å². The molecule has 1 aliphatic rings. The molecule has 2 atom stereocenters. The first-order valence-corrected chi connectivity index (χ1v) is 7.91. The lowest BCUT2D eigenvalue weighted by molar-refractivity contribution is -0.965. The zero-order valence-electron chi connectivity index (χ0n) is 12.8. The maximum Gasteiger partial charge on any atom is 0.103 e. The topological polar surface area (TPSA) is 8.88 Å². The van der Waals surface area contributed by atoms with Crippen LogP contribution in [0.2, 0.25) is 0 Å². The molecule has 19 heavy (non-hydrogen) atoms. The second-order valence-electron chi connectivity index (χ2n) is 6.25. The van der Waals surface area contributed by atoms with E-state index in [-0.39, 0.29) is 0 Å². The molecule has 0 saturated carbocycles. The quantitative estimate of drug-likeness (QED) is 0.767. The standard InChI is InChI=1S/C17H28N2/c1-4-15(2)19-12-10-17(11-13-19)18(3)14-16-8-6-5-7-9-16/h5-9,15,17H,4,10-14H2,1-3H3/p+2. The van der Waals surface area contributed by atoms with Gasteiger partial charge in [-0.15, -0.1) is 0 Å². The fourth-order valence-corrected chi connectivity index (χ4v) is 3.33. The Morgan fingerprint density at radius 1 is 1.21 bits per heavy atom. The largest absolute Gasteiger partial charge is 0.332 e. The third kappa shape index (κ3) is 4.05.